The van der Waals surface area contributed by atoms with Gasteiger partial charge in [0.2, 0.25) is 0 Å². The number of aliphatic hydroxyl groups is 1. The van der Waals surface area contributed by atoms with Gasteiger partial charge in [-0.05, 0) is 6.92 Å². The van der Waals surface area contributed by atoms with Crippen molar-refractivity contribution in [3.63, 3.8) is 0 Å². The molecule has 0 spiro atoms. The predicted octanol–water partition coefficient (Wildman–Crippen LogP) is 0.214. The van der Waals surface area contributed by atoms with Gasteiger partial charge in [-0.2, -0.15) is 0 Å². The van der Waals surface area contributed by atoms with Crippen LogP contribution in [0.4, 0.5) is 0 Å². The molecule has 0 fully saturated rings. The van der Waals surface area contributed by atoms with Gasteiger partial charge in [-0.1, -0.05) is 0 Å². The zero-order valence-electron chi connectivity index (χ0n) is 6.82. The number of ketones is 1. The van der Waals surface area contributed by atoms with Crippen molar-refractivity contribution in [1.29, 1.82) is 0 Å². The highest BCUT2D eigenvalue weighted by Gasteiger charge is 2.00. The van der Waals surface area contributed by atoms with Crippen LogP contribution in [0.3, 0.4) is 0 Å². The first-order chi connectivity index (χ1) is 5.74. The normalized spacial score (nSPS) is 9.83. The number of hydrogen-bond donors (Lipinski definition) is 1. The van der Waals surface area contributed by atoms with E-state index in [2.05, 4.69) is 9.97 Å². The van der Waals surface area contributed by atoms with Crippen molar-refractivity contribution in [1.82, 2.24) is 9.97 Å². The van der Waals surface area contributed by atoms with Gasteiger partial charge in [0.25, 0.3) is 0 Å². The SMILES string of the molecule is CC(=O)c1cnc(CCO)nc1. The van der Waals surface area contributed by atoms with E-state index < -0.39 is 0 Å². The van der Waals surface area contributed by atoms with Crippen molar-refractivity contribution in [3.8, 4) is 0 Å². The molecule has 0 aromatic carbocycles. The Morgan fingerprint density at radius 2 is 2.08 bits per heavy atom. The van der Waals surface area contributed by atoms with E-state index in [1.807, 2.05) is 0 Å². The Morgan fingerprint density at radius 3 is 2.50 bits per heavy atom. The summed E-state index contributed by atoms with van der Waals surface area (Å²) in [7, 11) is 0. The van der Waals surface area contributed by atoms with Crippen molar-refractivity contribution < 1.29 is 9.90 Å². The van der Waals surface area contributed by atoms with Gasteiger partial charge < -0.3 is 5.11 Å². The molecule has 64 valence electrons. The lowest BCUT2D eigenvalue weighted by Crippen LogP contribution is -2.01. The minimum absolute atomic E-state index is 0.0272. The van der Waals surface area contributed by atoms with Crippen molar-refractivity contribution in [2.45, 2.75) is 13.3 Å². The largest absolute Gasteiger partial charge is 0.396 e. The van der Waals surface area contributed by atoms with Gasteiger partial charge in [-0.3, -0.25) is 4.79 Å². The summed E-state index contributed by atoms with van der Waals surface area (Å²) < 4.78 is 0. The van der Waals surface area contributed by atoms with Crippen LogP contribution in [0.5, 0.6) is 0 Å². The number of carbonyl (C=O) groups excluding carboxylic acids is 1. The van der Waals surface area contributed by atoms with E-state index in [9.17, 15) is 4.79 Å². The average molecular weight is 166 g/mol. The summed E-state index contributed by atoms with van der Waals surface area (Å²) in [5, 5.41) is 8.55. The highest BCUT2D eigenvalue weighted by atomic mass is 16.3. The molecule has 1 N–H and O–H groups in total. The molecule has 0 bridgehead atoms. The van der Waals surface area contributed by atoms with E-state index in [1.165, 1.54) is 19.3 Å². The summed E-state index contributed by atoms with van der Waals surface area (Å²) in [6.07, 6.45) is 3.37. The molecule has 0 aliphatic heterocycles. The first-order valence-corrected chi connectivity index (χ1v) is 3.66. The van der Waals surface area contributed by atoms with Gasteiger partial charge in [0.05, 0.1) is 12.2 Å². The maximum atomic E-state index is 10.8. The van der Waals surface area contributed by atoms with Gasteiger partial charge >= 0.3 is 0 Å². The van der Waals surface area contributed by atoms with Gasteiger partial charge in [0.1, 0.15) is 5.82 Å². The highest BCUT2D eigenvalue weighted by Crippen LogP contribution is 1.97. The van der Waals surface area contributed by atoms with Gasteiger partial charge in [-0.25, -0.2) is 9.97 Å². The fourth-order valence-electron chi connectivity index (χ4n) is 0.766. The van der Waals surface area contributed by atoms with Crippen molar-refractivity contribution in [2.75, 3.05) is 6.61 Å². The van der Waals surface area contributed by atoms with Gasteiger partial charge in [0, 0.05) is 18.8 Å². The zero-order valence-corrected chi connectivity index (χ0v) is 6.82. The summed E-state index contributed by atoms with van der Waals surface area (Å²) in [5.41, 5.74) is 0.497. The molecule has 4 heteroatoms. The Balaban J connectivity index is 2.78. The van der Waals surface area contributed by atoms with E-state index in [4.69, 9.17) is 5.11 Å². The van der Waals surface area contributed by atoms with Crippen LogP contribution >= 0.6 is 0 Å². The van der Waals surface area contributed by atoms with E-state index in [1.54, 1.807) is 0 Å². The summed E-state index contributed by atoms with van der Waals surface area (Å²) in [6, 6.07) is 0. The summed E-state index contributed by atoms with van der Waals surface area (Å²) in [6.45, 7) is 1.49. The number of Topliss-reactive ketones (excluding diaryl/α,β-unsaturated/α-hetero) is 1. The third-order valence-electron chi connectivity index (χ3n) is 1.45. The van der Waals surface area contributed by atoms with Gasteiger partial charge in [0.15, 0.2) is 5.78 Å². The minimum atomic E-state index is -0.0504. The Hall–Kier alpha value is -1.29. The quantitative estimate of drug-likeness (QED) is 0.652. The molecule has 0 saturated heterocycles. The third kappa shape index (κ3) is 2.10. The Kier molecular flexibility index (Phi) is 2.88. The first-order valence-electron chi connectivity index (χ1n) is 3.66. The summed E-state index contributed by atoms with van der Waals surface area (Å²) in [5.74, 6) is 0.507. The molecule has 0 radical (unpaired) electrons. The maximum absolute atomic E-state index is 10.8. The number of hydrogen-bond acceptors (Lipinski definition) is 4. The number of carbonyl (C=O) groups is 1. The Labute approximate surface area is 70.3 Å². The van der Waals surface area contributed by atoms with E-state index in [-0.39, 0.29) is 12.4 Å². The Morgan fingerprint density at radius 1 is 1.50 bits per heavy atom. The molecule has 1 rings (SSSR count). The molecule has 0 aliphatic rings. The molecule has 0 aliphatic carbocycles. The van der Waals surface area contributed by atoms with Crippen molar-refractivity contribution in [2.24, 2.45) is 0 Å². The summed E-state index contributed by atoms with van der Waals surface area (Å²) >= 11 is 0. The minimum Gasteiger partial charge on any atom is -0.396 e. The maximum Gasteiger partial charge on any atom is 0.162 e. The summed E-state index contributed by atoms with van der Waals surface area (Å²) in [4.78, 5) is 18.6. The first kappa shape index (κ1) is 8.80. The highest BCUT2D eigenvalue weighted by molar-refractivity contribution is 5.93. The van der Waals surface area contributed by atoms with Crippen LogP contribution in [0.1, 0.15) is 23.1 Å². The third-order valence-corrected chi connectivity index (χ3v) is 1.45. The van der Waals surface area contributed by atoms with E-state index >= 15 is 0 Å². The van der Waals surface area contributed by atoms with Crippen LogP contribution in [-0.4, -0.2) is 27.5 Å². The molecule has 0 atom stereocenters. The van der Waals surface area contributed by atoms with Crippen LogP contribution in [0.15, 0.2) is 12.4 Å². The van der Waals surface area contributed by atoms with E-state index in [0.29, 0.717) is 17.8 Å². The molecule has 4 nitrogen and oxygen atoms in total. The zero-order chi connectivity index (χ0) is 8.97. The molecule has 0 saturated carbocycles. The number of nitrogens with zero attached hydrogens (tertiary/aromatic N) is 2. The Bertz CT molecular complexity index is 269. The second-order valence-corrected chi connectivity index (χ2v) is 2.42. The predicted molar refractivity (Wildman–Crippen MR) is 42.8 cm³/mol. The average Bonchev–Trinajstić information content (AvgIpc) is 2.06. The van der Waals surface area contributed by atoms with Crippen LogP contribution < -0.4 is 0 Å². The lowest BCUT2D eigenvalue weighted by atomic mass is 10.2. The van der Waals surface area contributed by atoms with Crippen LogP contribution in [0.2, 0.25) is 0 Å². The van der Waals surface area contributed by atoms with Crippen LogP contribution in [0.25, 0.3) is 0 Å². The van der Waals surface area contributed by atoms with Crippen molar-refractivity contribution in [3.05, 3.63) is 23.8 Å². The molecule has 1 aromatic heterocycles. The van der Waals surface area contributed by atoms with Gasteiger partial charge in [-0.15, -0.1) is 0 Å². The molecular formula is C8H10N2O2. The van der Waals surface area contributed by atoms with Crippen LogP contribution in [-0.2, 0) is 6.42 Å². The molecular weight excluding hydrogens is 156 g/mol. The number of aliphatic hydroxyl groups excluding tert-OH is 1. The second kappa shape index (κ2) is 3.92. The lowest BCUT2D eigenvalue weighted by Gasteiger charge is -1.96. The lowest BCUT2D eigenvalue weighted by molar-refractivity contribution is 0.101. The monoisotopic (exact) mass is 166 g/mol. The fraction of sp³-hybridized carbons (Fsp3) is 0.375. The molecule has 0 unspecified atom stereocenters. The number of rotatable bonds is 3. The molecule has 0 amide bonds. The standard InChI is InChI=1S/C8H10N2O2/c1-6(12)7-4-9-8(2-3-11)10-5-7/h4-5,11H,2-3H2,1H3. The smallest absolute Gasteiger partial charge is 0.162 e. The molecule has 1 heterocycles. The van der Waals surface area contributed by atoms with E-state index in [0.717, 1.165) is 0 Å². The molecule has 12 heavy (non-hydrogen) atoms. The fourth-order valence-corrected chi connectivity index (χ4v) is 0.766. The topological polar surface area (TPSA) is 63.1 Å². The number of aromatic nitrogens is 2. The van der Waals surface area contributed by atoms with Crippen LogP contribution in [0, 0.1) is 0 Å². The van der Waals surface area contributed by atoms with Crippen molar-refractivity contribution >= 4 is 5.78 Å². The second-order valence-electron chi connectivity index (χ2n) is 2.42. The molecule has 1 aromatic rings.